The van der Waals surface area contributed by atoms with Crippen LogP contribution in [0.25, 0.3) is 0 Å². The van der Waals surface area contributed by atoms with Crippen LogP contribution in [0, 0.1) is 12.3 Å². The molecule has 0 fully saturated rings. The molecule has 0 aromatic heterocycles. The Morgan fingerprint density at radius 3 is 2.46 bits per heavy atom. The number of benzene rings is 1. The van der Waals surface area contributed by atoms with Crippen molar-refractivity contribution < 1.29 is 5.11 Å². The fourth-order valence-electron chi connectivity index (χ4n) is 1.18. The van der Waals surface area contributed by atoms with Gasteiger partial charge in [-0.2, -0.15) is 0 Å². The molecule has 0 amide bonds. The highest BCUT2D eigenvalue weighted by molar-refractivity contribution is 5.35. The van der Waals surface area contributed by atoms with Gasteiger partial charge in [0.15, 0.2) is 0 Å². The summed E-state index contributed by atoms with van der Waals surface area (Å²) >= 11 is 0. The van der Waals surface area contributed by atoms with Crippen molar-refractivity contribution in [3.05, 3.63) is 35.4 Å². The lowest BCUT2D eigenvalue weighted by atomic mass is 10.1. The summed E-state index contributed by atoms with van der Waals surface area (Å²) in [4.78, 5) is 0. The molecule has 0 spiro atoms. The second-order valence-corrected chi connectivity index (χ2v) is 2.79. The quantitative estimate of drug-likeness (QED) is 0.669. The van der Waals surface area contributed by atoms with Crippen LogP contribution in [0.4, 0.5) is 0 Å². The van der Waals surface area contributed by atoms with Gasteiger partial charge in [0.2, 0.25) is 0 Å². The van der Waals surface area contributed by atoms with Crippen LogP contribution in [-0.4, -0.2) is 18.8 Å². The molecule has 13 heavy (non-hydrogen) atoms. The first-order valence-corrected chi connectivity index (χ1v) is 4.16. The average Bonchev–Trinajstić information content (AvgIpc) is 2.21. The summed E-state index contributed by atoms with van der Waals surface area (Å²) in [5, 5.41) is 12.0. The van der Waals surface area contributed by atoms with E-state index in [0.717, 1.165) is 11.1 Å². The fourth-order valence-corrected chi connectivity index (χ4v) is 1.18. The van der Waals surface area contributed by atoms with Crippen molar-refractivity contribution in [2.45, 2.75) is 6.04 Å². The summed E-state index contributed by atoms with van der Waals surface area (Å²) in [7, 11) is 1.82. The third-order valence-corrected chi connectivity index (χ3v) is 2.01. The number of terminal acetylenes is 1. The van der Waals surface area contributed by atoms with Crippen LogP contribution in [0.5, 0.6) is 0 Å². The summed E-state index contributed by atoms with van der Waals surface area (Å²) in [5.74, 6) is 2.55. The van der Waals surface area contributed by atoms with Crippen molar-refractivity contribution in [3.8, 4) is 12.3 Å². The number of hydrogen-bond acceptors (Lipinski definition) is 2. The molecule has 1 unspecified atom stereocenters. The van der Waals surface area contributed by atoms with Crippen molar-refractivity contribution in [1.82, 2.24) is 5.32 Å². The standard InChI is InChI=1S/C11H13NO/c1-3-9-4-6-10(7-5-9)11(8-13)12-2/h1,4-7,11-13H,8H2,2H3. The van der Waals surface area contributed by atoms with Gasteiger partial charge in [0.25, 0.3) is 0 Å². The van der Waals surface area contributed by atoms with E-state index in [2.05, 4.69) is 11.2 Å². The molecule has 2 N–H and O–H groups in total. The van der Waals surface area contributed by atoms with E-state index in [1.807, 2.05) is 31.3 Å². The van der Waals surface area contributed by atoms with E-state index in [9.17, 15) is 0 Å². The summed E-state index contributed by atoms with van der Waals surface area (Å²) < 4.78 is 0. The molecule has 1 aromatic rings. The lowest BCUT2D eigenvalue weighted by molar-refractivity contribution is 0.251. The zero-order valence-corrected chi connectivity index (χ0v) is 7.62. The van der Waals surface area contributed by atoms with E-state index in [1.165, 1.54) is 0 Å². The molecule has 0 saturated heterocycles. The number of rotatable bonds is 3. The Labute approximate surface area is 78.6 Å². The number of nitrogens with one attached hydrogen (secondary N) is 1. The monoisotopic (exact) mass is 175 g/mol. The molecular formula is C11H13NO. The molecule has 0 bridgehead atoms. The van der Waals surface area contributed by atoms with E-state index in [4.69, 9.17) is 11.5 Å². The molecule has 68 valence electrons. The van der Waals surface area contributed by atoms with Crippen molar-refractivity contribution in [2.24, 2.45) is 0 Å². The molecule has 0 aliphatic carbocycles. The molecule has 0 radical (unpaired) electrons. The molecule has 0 heterocycles. The van der Waals surface area contributed by atoms with E-state index in [0.29, 0.717) is 0 Å². The molecular weight excluding hydrogens is 162 g/mol. The third-order valence-electron chi connectivity index (χ3n) is 2.01. The van der Waals surface area contributed by atoms with Gasteiger partial charge in [-0.3, -0.25) is 0 Å². The minimum Gasteiger partial charge on any atom is -0.394 e. The lowest BCUT2D eigenvalue weighted by Crippen LogP contribution is -2.19. The van der Waals surface area contributed by atoms with Gasteiger partial charge in [-0.05, 0) is 24.7 Å². The van der Waals surface area contributed by atoms with Crippen LogP contribution in [0.15, 0.2) is 24.3 Å². The third kappa shape index (κ3) is 2.32. The number of hydrogen-bond donors (Lipinski definition) is 2. The largest absolute Gasteiger partial charge is 0.394 e. The molecule has 2 heteroatoms. The average molecular weight is 175 g/mol. The molecule has 2 nitrogen and oxygen atoms in total. The minimum atomic E-state index is -0.00757. The summed E-state index contributed by atoms with van der Waals surface area (Å²) in [6.45, 7) is 0.0892. The molecule has 0 aliphatic rings. The first-order valence-electron chi connectivity index (χ1n) is 4.16. The van der Waals surface area contributed by atoms with Gasteiger partial charge in [0.1, 0.15) is 0 Å². The van der Waals surface area contributed by atoms with Crippen molar-refractivity contribution in [2.75, 3.05) is 13.7 Å². The molecule has 1 rings (SSSR count). The maximum atomic E-state index is 9.00. The number of aliphatic hydroxyl groups is 1. The highest BCUT2D eigenvalue weighted by Crippen LogP contribution is 2.12. The lowest BCUT2D eigenvalue weighted by Gasteiger charge is -2.12. The van der Waals surface area contributed by atoms with Crippen molar-refractivity contribution >= 4 is 0 Å². The maximum absolute atomic E-state index is 9.00. The van der Waals surface area contributed by atoms with Gasteiger partial charge >= 0.3 is 0 Å². The Balaban J connectivity index is 2.85. The van der Waals surface area contributed by atoms with Crippen LogP contribution < -0.4 is 5.32 Å². The minimum absolute atomic E-state index is 0.00757. The highest BCUT2D eigenvalue weighted by Gasteiger charge is 2.05. The van der Waals surface area contributed by atoms with Gasteiger partial charge < -0.3 is 10.4 Å². The molecule has 1 aromatic carbocycles. The van der Waals surface area contributed by atoms with Crippen LogP contribution >= 0.6 is 0 Å². The summed E-state index contributed by atoms with van der Waals surface area (Å²) in [6, 6.07) is 7.58. The first-order chi connectivity index (χ1) is 6.31. The second kappa shape index (κ2) is 4.66. The topological polar surface area (TPSA) is 32.3 Å². The van der Waals surface area contributed by atoms with Crippen LogP contribution in [-0.2, 0) is 0 Å². The van der Waals surface area contributed by atoms with Crippen LogP contribution in [0.2, 0.25) is 0 Å². The Hall–Kier alpha value is -1.30. The highest BCUT2D eigenvalue weighted by atomic mass is 16.3. The number of likely N-dealkylation sites (N-methyl/N-ethyl adjacent to an activating group) is 1. The molecule has 0 saturated carbocycles. The zero-order chi connectivity index (χ0) is 9.68. The van der Waals surface area contributed by atoms with Crippen LogP contribution in [0.1, 0.15) is 17.2 Å². The van der Waals surface area contributed by atoms with Gasteiger partial charge in [-0.1, -0.05) is 18.1 Å². The van der Waals surface area contributed by atoms with E-state index in [-0.39, 0.29) is 12.6 Å². The Bertz CT molecular complexity index is 293. The predicted octanol–water partition coefficient (Wildman–Crippen LogP) is 0.921. The number of aliphatic hydroxyl groups excluding tert-OH is 1. The smallest absolute Gasteiger partial charge is 0.0626 e. The van der Waals surface area contributed by atoms with Gasteiger partial charge in [0, 0.05) is 5.56 Å². The normalized spacial score (nSPS) is 12.1. The Morgan fingerprint density at radius 2 is 2.08 bits per heavy atom. The predicted molar refractivity (Wildman–Crippen MR) is 53.3 cm³/mol. The van der Waals surface area contributed by atoms with E-state index in [1.54, 1.807) is 0 Å². The van der Waals surface area contributed by atoms with Crippen molar-refractivity contribution in [1.29, 1.82) is 0 Å². The first kappa shape index (κ1) is 9.79. The summed E-state index contributed by atoms with van der Waals surface area (Å²) in [5.41, 5.74) is 1.90. The van der Waals surface area contributed by atoms with Gasteiger partial charge in [-0.25, -0.2) is 0 Å². The summed E-state index contributed by atoms with van der Waals surface area (Å²) in [6.07, 6.45) is 5.23. The maximum Gasteiger partial charge on any atom is 0.0626 e. The van der Waals surface area contributed by atoms with E-state index >= 15 is 0 Å². The van der Waals surface area contributed by atoms with Crippen molar-refractivity contribution in [3.63, 3.8) is 0 Å². The van der Waals surface area contributed by atoms with Crippen LogP contribution in [0.3, 0.4) is 0 Å². The van der Waals surface area contributed by atoms with Gasteiger partial charge in [-0.15, -0.1) is 6.42 Å². The second-order valence-electron chi connectivity index (χ2n) is 2.79. The Kier molecular flexibility index (Phi) is 3.51. The zero-order valence-electron chi connectivity index (χ0n) is 7.62. The van der Waals surface area contributed by atoms with Gasteiger partial charge in [0.05, 0.1) is 12.6 Å². The fraction of sp³-hybridized carbons (Fsp3) is 0.273. The SMILES string of the molecule is C#Cc1ccc(C(CO)NC)cc1. The Morgan fingerprint density at radius 1 is 1.46 bits per heavy atom. The van der Waals surface area contributed by atoms with E-state index < -0.39 is 0 Å². The molecule has 1 atom stereocenters. The molecule has 0 aliphatic heterocycles.